The Kier molecular flexibility index (Phi) is 5.05. The summed E-state index contributed by atoms with van der Waals surface area (Å²) in [5.41, 5.74) is 0. The monoisotopic (exact) mass is 213 g/mol. The molecule has 88 valence electrons. The minimum atomic E-state index is 0.273. The molecule has 1 rings (SSSR count). The third-order valence-electron chi connectivity index (χ3n) is 3.12. The van der Waals surface area contributed by atoms with Crippen LogP contribution in [-0.4, -0.2) is 73.5 Å². The predicted octanol–water partition coefficient (Wildman–Crippen LogP) is 0.102. The van der Waals surface area contributed by atoms with Crippen molar-refractivity contribution in [2.24, 2.45) is 0 Å². The molecule has 0 aromatic heterocycles. The lowest BCUT2D eigenvalue weighted by atomic mass is 10.3. The van der Waals surface area contributed by atoms with E-state index in [1.807, 2.05) is 11.9 Å². The summed E-state index contributed by atoms with van der Waals surface area (Å²) >= 11 is 0. The molecule has 0 saturated carbocycles. The SMILES string of the molecule is CCN(C)CC(=O)N1CCN(CC)CC1. The maximum Gasteiger partial charge on any atom is 0.236 e. The van der Waals surface area contributed by atoms with Gasteiger partial charge in [0.25, 0.3) is 0 Å². The minimum Gasteiger partial charge on any atom is -0.339 e. The minimum absolute atomic E-state index is 0.273. The third kappa shape index (κ3) is 3.80. The van der Waals surface area contributed by atoms with Crippen molar-refractivity contribution in [1.82, 2.24) is 14.7 Å². The molecule has 1 aliphatic rings. The normalized spacial score (nSPS) is 18.5. The summed E-state index contributed by atoms with van der Waals surface area (Å²) in [7, 11) is 1.99. The van der Waals surface area contributed by atoms with E-state index in [1.54, 1.807) is 0 Å². The first-order valence-corrected chi connectivity index (χ1v) is 5.86. The van der Waals surface area contributed by atoms with Gasteiger partial charge in [-0.3, -0.25) is 9.69 Å². The average molecular weight is 213 g/mol. The Hall–Kier alpha value is -0.610. The Morgan fingerprint density at radius 3 is 2.27 bits per heavy atom. The summed E-state index contributed by atoms with van der Waals surface area (Å²) in [5, 5.41) is 0. The van der Waals surface area contributed by atoms with Crippen molar-refractivity contribution in [2.75, 3.05) is 52.9 Å². The second-order valence-electron chi connectivity index (χ2n) is 4.15. The summed E-state index contributed by atoms with van der Waals surface area (Å²) in [6.07, 6.45) is 0. The fourth-order valence-electron chi connectivity index (χ4n) is 1.76. The van der Waals surface area contributed by atoms with Gasteiger partial charge < -0.3 is 9.80 Å². The van der Waals surface area contributed by atoms with E-state index < -0.39 is 0 Å². The number of hydrogen-bond acceptors (Lipinski definition) is 3. The maximum absolute atomic E-state index is 11.8. The molecular weight excluding hydrogens is 190 g/mol. The number of amides is 1. The highest BCUT2D eigenvalue weighted by Crippen LogP contribution is 2.02. The van der Waals surface area contributed by atoms with E-state index in [1.165, 1.54) is 0 Å². The van der Waals surface area contributed by atoms with Gasteiger partial charge in [-0.05, 0) is 20.1 Å². The average Bonchev–Trinajstić information content (AvgIpc) is 2.29. The van der Waals surface area contributed by atoms with Gasteiger partial charge in [-0.1, -0.05) is 13.8 Å². The van der Waals surface area contributed by atoms with Crippen LogP contribution < -0.4 is 0 Å². The molecule has 1 aliphatic heterocycles. The van der Waals surface area contributed by atoms with Gasteiger partial charge in [-0.2, -0.15) is 0 Å². The summed E-state index contributed by atoms with van der Waals surface area (Å²) in [4.78, 5) is 18.2. The Morgan fingerprint density at radius 2 is 1.80 bits per heavy atom. The van der Waals surface area contributed by atoms with Crippen molar-refractivity contribution in [3.63, 3.8) is 0 Å². The van der Waals surface area contributed by atoms with Crippen molar-refractivity contribution in [3.05, 3.63) is 0 Å². The van der Waals surface area contributed by atoms with Crippen molar-refractivity contribution < 1.29 is 4.79 Å². The van der Waals surface area contributed by atoms with Gasteiger partial charge in [0.2, 0.25) is 5.91 Å². The zero-order valence-corrected chi connectivity index (χ0v) is 10.2. The van der Waals surface area contributed by atoms with Gasteiger partial charge in [-0.25, -0.2) is 0 Å². The highest BCUT2D eigenvalue weighted by Gasteiger charge is 2.20. The molecule has 0 N–H and O–H groups in total. The molecule has 0 radical (unpaired) electrons. The van der Waals surface area contributed by atoms with E-state index >= 15 is 0 Å². The van der Waals surface area contributed by atoms with Crippen molar-refractivity contribution in [3.8, 4) is 0 Å². The molecule has 1 fully saturated rings. The lowest BCUT2D eigenvalue weighted by molar-refractivity contribution is -0.133. The van der Waals surface area contributed by atoms with Crippen LogP contribution in [0.1, 0.15) is 13.8 Å². The summed E-state index contributed by atoms with van der Waals surface area (Å²) in [5.74, 6) is 0.273. The van der Waals surface area contributed by atoms with Gasteiger partial charge in [0.05, 0.1) is 6.54 Å². The van der Waals surface area contributed by atoms with Crippen LogP contribution in [0, 0.1) is 0 Å². The molecule has 4 heteroatoms. The Morgan fingerprint density at radius 1 is 1.20 bits per heavy atom. The van der Waals surface area contributed by atoms with E-state index in [-0.39, 0.29) is 5.91 Å². The molecule has 0 aromatic rings. The molecule has 4 nitrogen and oxygen atoms in total. The number of rotatable bonds is 4. The summed E-state index contributed by atoms with van der Waals surface area (Å²) in [6.45, 7) is 10.7. The fourth-order valence-corrected chi connectivity index (χ4v) is 1.76. The zero-order valence-electron chi connectivity index (χ0n) is 10.2. The first kappa shape index (κ1) is 12.5. The van der Waals surface area contributed by atoms with Crippen LogP contribution in [-0.2, 0) is 4.79 Å². The molecule has 0 aliphatic carbocycles. The Balaban J connectivity index is 2.30. The van der Waals surface area contributed by atoms with Crippen molar-refractivity contribution >= 4 is 5.91 Å². The predicted molar refractivity (Wildman–Crippen MR) is 61.9 cm³/mol. The van der Waals surface area contributed by atoms with Gasteiger partial charge in [0, 0.05) is 26.2 Å². The van der Waals surface area contributed by atoms with Gasteiger partial charge >= 0.3 is 0 Å². The van der Waals surface area contributed by atoms with E-state index in [0.29, 0.717) is 6.54 Å². The van der Waals surface area contributed by atoms with Crippen LogP contribution in [0.3, 0.4) is 0 Å². The van der Waals surface area contributed by atoms with Crippen LogP contribution in [0.5, 0.6) is 0 Å². The van der Waals surface area contributed by atoms with Crippen molar-refractivity contribution in [1.29, 1.82) is 0 Å². The van der Waals surface area contributed by atoms with Crippen LogP contribution in [0.15, 0.2) is 0 Å². The lowest BCUT2D eigenvalue weighted by Gasteiger charge is -2.34. The topological polar surface area (TPSA) is 26.8 Å². The molecule has 0 unspecified atom stereocenters. The number of carbonyl (C=O) groups is 1. The second-order valence-corrected chi connectivity index (χ2v) is 4.15. The maximum atomic E-state index is 11.8. The van der Waals surface area contributed by atoms with E-state index in [4.69, 9.17) is 0 Å². The zero-order chi connectivity index (χ0) is 11.3. The molecule has 15 heavy (non-hydrogen) atoms. The summed E-state index contributed by atoms with van der Waals surface area (Å²) in [6, 6.07) is 0. The van der Waals surface area contributed by atoms with Gasteiger partial charge in [0.15, 0.2) is 0 Å². The smallest absolute Gasteiger partial charge is 0.236 e. The van der Waals surface area contributed by atoms with E-state index in [0.717, 1.165) is 39.3 Å². The van der Waals surface area contributed by atoms with Gasteiger partial charge in [0.1, 0.15) is 0 Å². The number of likely N-dealkylation sites (N-methyl/N-ethyl adjacent to an activating group) is 2. The fraction of sp³-hybridized carbons (Fsp3) is 0.909. The molecule has 0 aromatic carbocycles. The number of hydrogen-bond donors (Lipinski definition) is 0. The summed E-state index contributed by atoms with van der Waals surface area (Å²) < 4.78 is 0. The highest BCUT2D eigenvalue weighted by molar-refractivity contribution is 5.78. The quantitative estimate of drug-likeness (QED) is 0.663. The molecular formula is C11H23N3O. The largest absolute Gasteiger partial charge is 0.339 e. The standard InChI is InChI=1S/C11H23N3O/c1-4-12(3)10-11(15)14-8-6-13(5-2)7-9-14/h4-10H2,1-3H3. The third-order valence-corrected chi connectivity index (χ3v) is 3.12. The molecule has 0 atom stereocenters. The number of piperazine rings is 1. The molecule has 1 saturated heterocycles. The van der Waals surface area contributed by atoms with Crippen LogP contribution in [0.2, 0.25) is 0 Å². The van der Waals surface area contributed by atoms with Crippen molar-refractivity contribution in [2.45, 2.75) is 13.8 Å². The Labute approximate surface area is 92.8 Å². The molecule has 0 bridgehead atoms. The first-order chi connectivity index (χ1) is 7.17. The van der Waals surface area contributed by atoms with Crippen LogP contribution >= 0.6 is 0 Å². The molecule has 1 amide bonds. The van der Waals surface area contributed by atoms with E-state index in [9.17, 15) is 4.79 Å². The second kappa shape index (κ2) is 6.08. The Bertz CT molecular complexity index is 200. The van der Waals surface area contributed by atoms with E-state index in [2.05, 4.69) is 23.6 Å². The lowest BCUT2D eigenvalue weighted by Crippen LogP contribution is -2.50. The first-order valence-electron chi connectivity index (χ1n) is 5.86. The number of carbonyl (C=O) groups excluding carboxylic acids is 1. The number of nitrogens with zero attached hydrogens (tertiary/aromatic N) is 3. The van der Waals surface area contributed by atoms with Crippen LogP contribution in [0.25, 0.3) is 0 Å². The highest BCUT2D eigenvalue weighted by atomic mass is 16.2. The van der Waals surface area contributed by atoms with Crippen LogP contribution in [0.4, 0.5) is 0 Å². The molecule has 0 spiro atoms. The molecule has 1 heterocycles. The van der Waals surface area contributed by atoms with Gasteiger partial charge in [-0.15, -0.1) is 0 Å².